The molecule has 2 aromatic carbocycles. The van der Waals surface area contributed by atoms with Crippen molar-refractivity contribution >= 4 is 24.8 Å². The van der Waals surface area contributed by atoms with E-state index in [0.29, 0.717) is 5.76 Å². The lowest BCUT2D eigenvalue weighted by Crippen LogP contribution is -1.98. The van der Waals surface area contributed by atoms with Gasteiger partial charge in [0.25, 0.3) is 0 Å². The maximum absolute atomic E-state index is 10.8. The van der Waals surface area contributed by atoms with Crippen LogP contribution in [0.2, 0.25) is 0 Å². The zero-order chi connectivity index (χ0) is 11.8. The molecular formula is C13H10O3P+. The fraction of sp³-hybridized carbons (Fsp3) is 0.0769. The summed E-state index contributed by atoms with van der Waals surface area (Å²) in [5, 5.41) is 2.24. The van der Waals surface area contributed by atoms with Gasteiger partial charge in [-0.1, -0.05) is 36.4 Å². The van der Waals surface area contributed by atoms with E-state index >= 15 is 0 Å². The molecule has 1 aliphatic rings. The summed E-state index contributed by atoms with van der Waals surface area (Å²) in [7, 11) is -2.61. The SMILES string of the molecule is O=[P+](O)OC1=CCc2cccc3cccc1c23. The van der Waals surface area contributed by atoms with Crippen molar-refractivity contribution in [1.82, 2.24) is 0 Å². The van der Waals surface area contributed by atoms with Gasteiger partial charge in [-0.15, -0.1) is 4.89 Å². The normalized spacial score (nSPS) is 14.4. The van der Waals surface area contributed by atoms with E-state index in [9.17, 15) is 4.57 Å². The molecule has 2 aromatic rings. The molecule has 0 aliphatic heterocycles. The first-order chi connectivity index (χ1) is 8.25. The molecule has 3 nitrogen and oxygen atoms in total. The summed E-state index contributed by atoms with van der Waals surface area (Å²) in [6, 6.07) is 12.0. The Morgan fingerprint density at radius 2 is 1.94 bits per heavy atom. The molecule has 0 heterocycles. The Balaban J connectivity index is 2.24. The van der Waals surface area contributed by atoms with Crippen molar-refractivity contribution in [2.24, 2.45) is 0 Å². The highest BCUT2D eigenvalue weighted by Gasteiger charge is 2.23. The van der Waals surface area contributed by atoms with Crippen LogP contribution in [0.3, 0.4) is 0 Å². The van der Waals surface area contributed by atoms with Crippen molar-refractivity contribution in [3.05, 3.63) is 53.6 Å². The van der Waals surface area contributed by atoms with Gasteiger partial charge in [-0.05, 0) is 28.8 Å². The zero-order valence-corrected chi connectivity index (χ0v) is 9.85. The molecular weight excluding hydrogens is 235 g/mol. The molecule has 1 unspecified atom stereocenters. The van der Waals surface area contributed by atoms with E-state index in [1.165, 1.54) is 5.56 Å². The second-order valence-corrected chi connectivity index (χ2v) is 4.58. The van der Waals surface area contributed by atoms with Crippen LogP contribution < -0.4 is 0 Å². The average Bonchev–Trinajstić information content (AvgIpc) is 2.33. The molecule has 0 fully saturated rings. The fourth-order valence-corrected chi connectivity index (χ4v) is 2.62. The highest BCUT2D eigenvalue weighted by Crippen LogP contribution is 2.37. The second kappa shape index (κ2) is 3.95. The highest BCUT2D eigenvalue weighted by molar-refractivity contribution is 7.32. The Hall–Kier alpha value is -1.70. The molecule has 0 saturated heterocycles. The first kappa shape index (κ1) is 10.5. The lowest BCUT2D eigenvalue weighted by atomic mass is 9.92. The Kier molecular flexibility index (Phi) is 2.43. The summed E-state index contributed by atoms with van der Waals surface area (Å²) in [5.74, 6) is 0.498. The summed E-state index contributed by atoms with van der Waals surface area (Å²) in [4.78, 5) is 8.85. The minimum Gasteiger partial charge on any atom is -0.229 e. The van der Waals surface area contributed by atoms with Gasteiger partial charge in [-0.25, -0.2) is 4.52 Å². The average molecular weight is 245 g/mol. The molecule has 0 aromatic heterocycles. The van der Waals surface area contributed by atoms with Gasteiger partial charge in [0.15, 0.2) is 5.76 Å². The van der Waals surface area contributed by atoms with Crippen LogP contribution in [-0.2, 0) is 15.5 Å². The van der Waals surface area contributed by atoms with Gasteiger partial charge < -0.3 is 0 Å². The van der Waals surface area contributed by atoms with Crippen LogP contribution in [0.4, 0.5) is 0 Å². The molecule has 1 atom stereocenters. The minimum atomic E-state index is -2.61. The number of hydrogen-bond acceptors (Lipinski definition) is 2. The summed E-state index contributed by atoms with van der Waals surface area (Å²) < 4.78 is 15.7. The predicted molar refractivity (Wildman–Crippen MR) is 66.5 cm³/mol. The molecule has 1 aliphatic carbocycles. The van der Waals surface area contributed by atoms with E-state index in [2.05, 4.69) is 6.07 Å². The summed E-state index contributed by atoms with van der Waals surface area (Å²) >= 11 is 0. The number of allylic oxidation sites excluding steroid dienone is 1. The largest absolute Gasteiger partial charge is 0.747 e. The molecule has 0 bridgehead atoms. The summed E-state index contributed by atoms with van der Waals surface area (Å²) in [6.07, 6.45) is 2.58. The maximum Gasteiger partial charge on any atom is 0.747 e. The van der Waals surface area contributed by atoms with E-state index in [1.807, 2.05) is 36.4 Å². The third-order valence-corrected chi connectivity index (χ3v) is 3.29. The van der Waals surface area contributed by atoms with Gasteiger partial charge in [0.1, 0.15) is 0 Å². The number of hydrogen-bond donors (Lipinski definition) is 1. The van der Waals surface area contributed by atoms with E-state index in [4.69, 9.17) is 9.42 Å². The van der Waals surface area contributed by atoms with Crippen molar-refractivity contribution in [3.63, 3.8) is 0 Å². The summed E-state index contributed by atoms with van der Waals surface area (Å²) in [6.45, 7) is 0. The van der Waals surface area contributed by atoms with Gasteiger partial charge >= 0.3 is 8.25 Å². The predicted octanol–water partition coefficient (Wildman–Crippen LogP) is 3.40. The zero-order valence-electron chi connectivity index (χ0n) is 8.96. The smallest absolute Gasteiger partial charge is 0.229 e. The van der Waals surface area contributed by atoms with E-state index < -0.39 is 8.25 Å². The first-order valence-electron chi connectivity index (χ1n) is 5.31. The van der Waals surface area contributed by atoms with Gasteiger partial charge in [-0.2, -0.15) is 0 Å². The second-order valence-electron chi connectivity index (χ2n) is 3.92. The Bertz CT molecular complexity index is 641. The van der Waals surface area contributed by atoms with Crippen LogP contribution in [0.1, 0.15) is 11.1 Å². The molecule has 84 valence electrons. The topological polar surface area (TPSA) is 46.5 Å². The molecule has 0 saturated carbocycles. The lowest BCUT2D eigenvalue weighted by Gasteiger charge is -2.14. The van der Waals surface area contributed by atoms with Crippen molar-refractivity contribution in [2.45, 2.75) is 6.42 Å². The Morgan fingerprint density at radius 1 is 1.18 bits per heavy atom. The molecule has 0 amide bonds. The van der Waals surface area contributed by atoms with Gasteiger partial charge in [0, 0.05) is 10.1 Å². The van der Waals surface area contributed by atoms with Crippen LogP contribution in [0.5, 0.6) is 0 Å². The lowest BCUT2D eigenvalue weighted by molar-refractivity contribution is 0.392. The summed E-state index contributed by atoms with van der Waals surface area (Å²) in [5.41, 5.74) is 2.11. The highest BCUT2D eigenvalue weighted by atomic mass is 31.1. The molecule has 0 spiro atoms. The third-order valence-electron chi connectivity index (χ3n) is 2.94. The molecule has 17 heavy (non-hydrogen) atoms. The molecule has 4 heteroatoms. The van der Waals surface area contributed by atoms with Crippen LogP contribution >= 0.6 is 8.25 Å². The molecule has 3 rings (SSSR count). The van der Waals surface area contributed by atoms with Crippen molar-refractivity contribution in [2.75, 3.05) is 0 Å². The van der Waals surface area contributed by atoms with Crippen molar-refractivity contribution < 1.29 is 14.0 Å². The van der Waals surface area contributed by atoms with Crippen LogP contribution in [0.15, 0.2) is 42.5 Å². The van der Waals surface area contributed by atoms with Gasteiger partial charge in [0.05, 0.1) is 0 Å². The standard InChI is InChI=1S/C13H9O3P/c14-17(15)16-12-8-7-10-4-1-3-9-5-2-6-11(12)13(9)10/h1-6,8H,7H2/p+1. The van der Waals surface area contributed by atoms with Crippen molar-refractivity contribution in [3.8, 4) is 0 Å². The Morgan fingerprint density at radius 3 is 2.71 bits per heavy atom. The third kappa shape index (κ3) is 1.74. The first-order valence-corrected chi connectivity index (χ1v) is 6.44. The minimum absolute atomic E-state index is 0.498. The van der Waals surface area contributed by atoms with Crippen LogP contribution in [-0.4, -0.2) is 4.89 Å². The van der Waals surface area contributed by atoms with Crippen molar-refractivity contribution in [1.29, 1.82) is 0 Å². The van der Waals surface area contributed by atoms with E-state index in [-0.39, 0.29) is 0 Å². The van der Waals surface area contributed by atoms with Gasteiger partial charge in [-0.3, -0.25) is 0 Å². The van der Waals surface area contributed by atoms with Crippen LogP contribution in [0, 0.1) is 0 Å². The molecule has 1 N–H and O–H groups in total. The quantitative estimate of drug-likeness (QED) is 0.825. The number of benzene rings is 2. The monoisotopic (exact) mass is 245 g/mol. The van der Waals surface area contributed by atoms with E-state index in [0.717, 1.165) is 22.8 Å². The van der Waals surface area contributed by atoms with E-state index in [1.54, 1.807) is 0 Å². The molecule has 0 radical (unpaired) electrons. The maximum atomic E-state index is 10.8. The number of rotatable bonds is 2. The fourth-order valence-electron chi connectivity index (χ4n) is 2.28. The van der Waals surface area contributed by atoms with Gasteiger partial charge in [0.2, 0.25) is 0 Å². The Labute approximate surface area is 99.3 Å². The van der Waals surface area contributed by atoms with Crippen LogP contribution in [0.25, 0.3) is 16.5 Å².